The number of para-hydroxylation sites is 2. The van der Waals surface area contributed by atoms with E-state index in [-0.39, 0.29) is 6.61 Å². The minimum atomic E-state index is -0.828. The van der Waals surface area contributed by atoms with Crippen LogP contribution in [0.5, 0.6) is 11.5 Å². The van der Waals surface area contributed by atoms with Crippen molar-refractivity contribution in [2.75, 3.05) is 26.9 Å². The molecule has 0 aliphatic carbocycles. The van der Waals surface area contributed by atoms with E-state index in [1.165, 1.54) is 18.4 Å². The zero-order valence-corrected chi connectivity index (χ0v) is 18.0. The standard InChI is InChI=1S/C22H22N2O6S/c1-3-28-11-10-24-15-9-8-14(21(26)27-2)12-19(15)31-22(24)23-20(25)18-13-29-16-6-4-5-7-17(16)30-18/h4-9,12,18H,3,10-11,13H2,1-2H3. The predicted molar refractivity (Wildman–Crippen MR) is 115 cm³/mol. The maximum atomic E-state index is 12.9. The van der Waals surface area contributed by atoms with Crippen LogP contribution in [0.25, 0.3) is 10.2 Å². The molecule has 1 amide bonds. The summed E-state index contributed by atoms with van der Waals surface area (Å²) >= 11 is 1.32. The van der Waals surface area contributed by atoms with Crippen LogP contribution in [0, 0.1) is 0 Å². The largest absolute Gasteiger partial charge is 0.485 e. The lowest BCUT2D eigenvalue weighted by Crippen LogP contribution is -2.37. The van der Waals surface area contributed by atoms with Crippen molar-refractivity contribution in [1.82, 2.24) is 4.57 Å². The maximum Gasteiger partial charge on any atom is 0.337 e. The third-order valence-electron chi connectivity index (χ3n) is 4.76. The van der Waals surface area contributed by atoms with E-state index in [1.807, 2.05) is 29.7 Å². The predicted octanol–water partition coefficient (Wildman–Crippen LogP) is 2.79. The second-order valence-electron chi connectivity index (χ2n) is 6.72. The number of hydrogen-bond acceptors (Lipinski definition) is 7. The SMILES string of the molecule is CCOCCn1c(=NC(=O)C2COc3ccccc3O2)sc2cc(C(=O)OC)ccc21. The molecule has 0 spiro atoms. The average Bonchev–Trinajstić information content (AvgIpc) is 3.14. The summed E-state index contributed by atoms with van der Waals surface area (Å²) in [7, 11) is 1.34. The van der Waals surface area contributed by atoms with E-state index >= 15 is 0 Å². The zero-order valence-electron chi connectivity index (χ0n) is 17.2. The third-order valence-corrected chi connectivity index (χ3v) is 5.80. The molecule has 162 valence electrons. The van der Waals surface area contributed by atoms with Crippen molar-refractivity contribution in [2.24, 2.45) is 4.99 Å². The number of amides is 1. The molecule has 0 saturated heterocycles. The van der Waals surface area contributed by atoms with E-state index in [0.29, 0.717) is 41.6 Å². The van der Waals surface area contributed by atoms with Gasteiger partial charge in [0.15, 0.2) is 16.3 Å². The lowest BCUT2D eigenvalue weighted by atomic mass is 10.2. The molecule has 2 heterocycles. The van der Waals surface area contributed by atoms with E-state index in [4.69, 9.17) is 18.9 Å². The third kappa shape index (κ3) is 4.47. The Hall–Kier alpha value is -3.17. The van der Waals surface area contributed by atoms with Gasteiger partial charge in [-0.15, -0.1) is 0 Å². The van der Waals surface area contributed by atoms with Crippen LogP contribution < -0.4 is 14.3 Å². The van der Waals surface area contributed by atoms with Gasteiger partial charge in [0, 0.05) is 13.2 Å². The summed E-state index contributed by atoms with van der Waals surface area (Å²) in [6.45, 7) is 3.59. The molecule has 3 aromatic rings. The number of thiazole rings is 1. The Balaban J connectivity index is 1.68. The van der Waals surface area contributed by atoms with Crippen molar-refractivity contribution in [1.29, 1.82) is 0 Å². The molecule has 4 rings (SSSR count). The molecular formula is C22H22N2O6S. The molecule has 0 saturated carbocycles. The molecule has 1 aliphatic heterocycles. The number of carbonyl (C=O) groups excluding carboxylic acids is 2. The average molecular weight is 442 g/mol. The van der Waals surface area contributed by atoms with Gasteiger partial charge in [0.1, 0.15) is 6.61 Å². The van der Waals surface area contributed by atoms with Crippen LogP contribution in [-0.4, -0.2) is 49.5 Å². The highest BCUT2D eigenvalue weighted by molar-refractivity contribution is 7.16. The van der Waals surface area contributed by atoms with Gasteiger partial charge in [-0.25, -0.2) is 4.79 Å². The number of rotatable bonds is 6. The smallest absolute Gasteiger partial charge is 0.337 e. The van der Waals surface area contributed by atoms with Gasteiger partial charge in [0.25, 0.3) is 5.91 Å². The molecule has 8 nitrogen and oxygen atoms in total. The summed E-state index contributed by atoms with van der Waals surface area (Å²) in [5.74, 6) is 0.276. The maximum absolute atomic E-state index is 12.9. The Kier molecular flexibility index (Phi) is 6.34. The van der Waals surface area contributed by atoms with Gasteiger partial charge in [-0.05, 0) is 37.3 Å². The van der Waals surface area contributed by atoms with Crippen molar-refractivity contribution < 1.29 is 28.5 Å². The van der Waals surface area contributed by atoms with Crippen molar-refractivity contribution in [3.8, 4) is 11.5 Å². The Labute approximate surface area is 182 Å². The summed E-state index contributed by atoms with van der Waals surface area (Å²) in [6, 6.07) is 12.5. The van der Waals surface area contributed by atoms with Gasteiger partial charge in [-0.1, -0.05) is 23.5 Å². The van der Waals surface area contributed by atoms with E-state index in [2.05, 4.69) is 4.99 Å². The first-order valence-corrected chi connectivity index (χ1v) is 10.7. The molecule has 9 heteroatoms. The molecule has 0 fully saturated rings. The molecule has 31 heavy (non-hydrogen) atoms. The molecule has 1 unspecified atom stereocenters. The second-order valence-corrected chi connectivity index (χ2v) is 7.73. The van der Waals surface area contributed by atoms with Gasteiger partial charge >= 0.3 is 5.97 Å². The molecule has 1 atom stereocenters. The van der Waals surface area contributed by atoms with E-state index < -0.39 is 18.0 Å². The summed E-state index contributed by atoms with van der Waals surface area (Å²) in [4.78, 5) is 29.6. The highest BCUT2D eigenvalue weighted by atomic mass is 32.1. The number of ether oxygens (including phenoxy) is 4. The van der Waals surface area contributed by atoms with Crippen LogP contribution in [-0.2, 0) is 20.8 Å². The van der Waals surface area contributed by atoms with Crippen molar-refractivity contribution in [2.45, 2.75) is 19.6 Å². The minimum absolute atomic E-state index is 0.0929. The molecule has 1 aromatic heterocycles. The zero-order chi connectivity index (χ0) is 21.8. The topological polar surface area (TPSA) is 88.4 Å². The first-order chi connectivity index (χ1) is 15.1. The van der Waals surface area contributed by atoms with Crippen molar-refractivity contribution in [3.63, 3.8) is 0 Å². The number of aromatic nitrogens is 1. The number of benzene rings is 2. The highest BCUT2D eigenvalue weighted by Gasteiger charge is 2.27. The van der Waals surface area contributed by atoms with Gasteiger partial charge in [0.05, 0.1) is 29.5 Å². The molecule has 0 bridgehead atoms. The number of esters is 1. The molecule has 0 radical (unpaired) electrons. The number of methoxy groups -OCH3 is 1. The van der Waals surface area contributed by atoms with E-state index in [9.17, 15) is 9.59 Å². The number of hydrogen-bond donors (Lipinski definition) is 0. The van der Waals surface area contributed by atoms with Crippen LogP contribution >= 0.6 is 11.3 Å². The van der Waals surface area contributed by atoms with Crippen LogP contribution in [0.15, 0.2) is 47.5 Å². The van der Waals surface area contributed by atoms with Gasteiger partial charge < -0.3 is 23.5 Å². The monoisotopic (exact) mass is 442 g/mol. The molecule has 0 N–H and O–H groups in total. The van der Waals surface area contributed by atoms with Crippen molar-refractivity contribution >= 4 is 33.4 Å². The van der Waals surface area contributed by atoms with Gasteiger partial charge in [0.2, 0.25) is 6.10 Å². The Morgan fingerprint density at radius 3 is 2.81 bits per heavy atom. The summed E-state index contributed by atoms with van der Waals surface area (Å²) in [5, 5.41) is 0. The number of carbonyl (C=O) groups is 2. The number of nitrogens with zero attached hydrogens (tertiary/aromatic N) is 2. The molecule has 1 aliphatic rings. The summed E-state index contributed by atoms with van der Waals surface area (Å²) in [6.07, 6.45) is -0.828. The quantitative estimate of drug-likeness (QED) is 0.431. The lowest BCUT2D eigenvalue weighted by molar-refractivity contribution is -0.127. The Morgan fingerprint density at radius 1 is 1.23 bits per heavy atom. The van der Waals surface area contributed by atoms with E-state index in [0.717, 1.165) is 10.2 Å². The first-order valence-electron chi connectivity index (χ1n) is 9.87. The normalized spacial score (nSPS) is 15.8. The van der Waals surface area contributed by atoms with Gasteiger partial charge in [-0.2, -0.15) is 4.99 Å². The summed E-state index contributed by atoms with van der Waals surface area (Å²) in [5.41, 5.74) is 1.29. The second kappa shape index (κ2) is 9.32. The number of fused-ring (bicyclic) bond motifs is 2. The summed E-state index contributed by atoms with van der Waals surface area (Å²) < 4.78 is 24.4. The first kappa shape index (κ1) is 21.1. The van der Waals surface area contributed by atoms with E-state index in [1.54, 1.807) is 24.3 Å². The Morgan fingerprint density at radius 2 is 2.03 bits per heavy atom. The fourth-order valence-electron chi connectivity index (χ4n) is 3.23. The highest BCUT2D eigenvalue weighted by Crippen LogP contribution is 2.31. The van der Waals surface area contributed by atoms with Gasteiger partial charge in [-0.3, -0.25) is 4.79 Å². The minimum Gasteiger partial charge on any atom is -0.485 e. The molecular weight excluding hydrogens is 420 g/mol. The van der Waals surface area contributed by atoms with Crippen LogP contribution in [0.1, 0.15) is 17.3 Å². The lowest BCUT2D eigenvalue weighted by Gasteiger charge is -2.23. The fraction of sp³-hybridized carbons (Fsp3) is 0.318. The molecule has 2 aromatic carbocycles. The van der Waals surface area contributed by atoms with Crippen molar-refractivity contribution in [3.05, 3.63) is 52.8 Å². The Bertz CT molecular complexity index is 1180. The van der Waals surface area contributed by atoms with Crippen LogP contribution in [0.2, 0.25) is 0 Å². The van der Waals surface area contributed by atoms with Crippen LogP contribution in [0.3, 0.4) is 0 Å². The van der Waals surface area contributed by atoms with Crippen LogP contribution in [0.4, 0.5) is 0 Å². The fourth-order valence-corrected chi connectivity index (χ4v) is 4.33.